The van der Waals surface area contributed by atoms with Crippen molar-refractivity contribution in [1.82, 2.24) is 19.9 Å². The van der Waals surface area contributed by atoms with Gasteiger partial charge in [-0.2, -0.15) is 4.98 Å². The van der Waals surface area contributed by atoms with Gasteiger partial charge < -0.3 is 19.8 Å². The van der Waals surface area contributed by atoms with Crippen LogP contribution in [0.1, 0.15) is 11.1 Å². The average Bonchev–Trinajstić information content (AvgIpc) is 3.29. The van der Waals surface area contributed by atoms with E-state index in [2.05, 4.69) is 30.6 Å². The van der Waals surface area contributed by atoms with Gasteiger partial charge in [0.25, 0.3) is 0 Å². The highest BCUT2D eigenvalue weighted by Crippen LogP contribution is 2.33. The monoisotopic (exact) mass is 388 g/mol. The predicted octanol–water partition coefficient (Wildman–Crippen LogP) is 4.20. The number of ether oxygens (including phenoxy) is 1. The molecule has 0 bridgehead atoms. The first kappa shape index (κ1) is 18.4. The molecule has 0 spiro atoms. The second-order valence-electron chi connectivity index (χ2n) is 6.35. The van der Waals surface area contributed by atoms with E-state index in [9.17, 15) is 0 Å². The van der Waals surface area contributed by atoms with Crippen molar-refractivity contribution in [3.05, 3.63) is 72.6 Å². The van der Waals surface area contributed by atoms with Crippen molar-refractivity contribution in [2.24, 2.45) is 0 Å². The second-order valence-corrected chi connectivity index (χ2v) is 6.35. The third kappa shape index (κ3) is 4.32. The van der Waals surface area contributed by atoms with Crippen LogP contribution in [0.4, 0.5) is 17.5 Å². The largest absolute Gasteiger partial charge is 0.496 e. The minimum atomic E-state index is 0.484. The van der Waals surface area contributed by atoms with Crippen LogP contribution in [-0.4, -0.2) is 27.0 Å². The zero-order valence-corrected chi connectivity index (χ0v) is 16.1. The van der Waals surface area contributed by atoms with Crippen LogP contribution in [0.2, 0.25) is 0 Å². The molecule has 0 saturated carbocycles. The minimum Gasteiger partial charge on any atom is -0.496 e. The van der Waals surface area contributed by atoms with Crippen LogP contribution in [0.25, 0.3) is 11.3 Å². The Hall–Kier alpha value is -3.94. The molecular weight excluding hydrogens is 368 g/mol. The van der Waals surface area contributed by atoms with Crippen LogP contribution < -0.4 is 15.4 Å². The van der Waals surface area contributed by atoms with E-state index in [1.807, 2.05) is 43.5 Å². The van der Waals surface area contributed by atoms with Gasteiger partial charge in [-0.25, -0.2) is 9.97 Å². The number of aromatic nitrogens is 4. The molecule has 0 amide bonds. The van der Waals surface area contributed by atoms with Gasteiger partial charge in [-0.1, -0.05) is 6.07 Å². The summed E-state index contributed by atoms with van der Waals surface area (Å²) >= 11 is 0. The molecule has 3 aromatic heterocycles. The Labute approximate surface area is 168 Å². The van der Waals surface area contributed by atoms with Gasteiger partial charge in [0.1, 0.15) is 11.6 Å². The Kier molecular flexibility index (Phi) is 5.33. The summed E-state index contributed by atoms with van der Waals surface area (Å²) in [6, 6.07) is 9.58. The number of rotatable bonds is 7. The Morgan fingerprint density at radius 3 is 2.79 bits per heavy atom. The maximum Gasteiger partial charge on any atom is 0.229 e. The highest BCUT2D eigenvalue weighted by atomic mass is 16.5. The van der Waals surface area contributed by atoms with Gasteiger partial charge >= 0.3 is 0 Å². The predicted molar refractivity (Wildman–Crippen MR) is 110 cm³/mol. The van der Waals surface area contributed by atoms with Gasteiger partial charge in [-0.05, 0) is 36.8 Å². The number of benzene rings is 1. The van der Waals surface area contributed by atoms with Crippen LogP contribution in [0, 0.1) is 6.92 Å². The molecule has 2 N–H and O–H groups in total. The standard InChI is InChI=1S/C21H20N6O2/c1-14-9-25-21(27-20(14)24-11-15-4-3-7-22-10-15)26-16-5-6-18(28-2)17(8-16)19-12-23-13-29-19/h3-10,12-13H,11H2,1-2H3,(H2,24,25,26,27). The molecule has 0 saturated heterocycles. The molecule has 1 aromatic carbocycles. The van der Waals surface area contributed by atoms with Crippen LogP contribution in [-0.2, 0) is 6.54 Å². The van der Waals surface area contributed by atoms with Crippen LogP contribution in [0.15, 0.2) is 65.9 Å². The van der Waals surface area contributed by atoms with Crippen molar-refractivity contribution in [3.63, 3.8) is 0 Å². The molecule has 3 heterocycles. The Morgan fingerprint density at radius 2 is 2.03 bits per heavy atom. The van der Waals surface area contributed by atoms with Gasteiger partial charge in [-0.3, -0.25) is 4.98 Å². The number of oxazole rings is 1. The number of methoxy groups -OCH3 is 1. The van der Waals surface area contributed by atoms with Crippen molar-refractivity contribution in [2.75, 3.05) is 17.7 Å². The molecule has 0 aliphatic rings. The molecule has 8 nitrogen and oxygen atoms in total. The summed E-state index contributed by atoms with van der Waals surface area (Å²) in [6.45, 7) is 2.59. The van der Waals surface area contributed by atoms with Gasteiger partial charge in [0.2, 0.25) is 5.95 Å². The van der Waals surface area contributed by atoms with E-state index >= 15 is 0 Å². The number of nitrogens with zero attached hydrogens (tertiary/aromatic N) is 4. The molecule has 0 aliphatic carbocycles. The van der Waals surface area contributed by atoms with Crippen molar-refractivity contribution < 1.29 is 9.15 Å². The highest BCUT2D eigenvalue weighted by Gasteiger charge is 2.11. The summed E-state index contributed by atoms with van der Waals surface area (Å²) in [7, 11) is 1.62. The van der Waals surface area contributed by atoms with Crippen molar-refractivity contribution in [1.29, 1.82) is 0 Å². The SMILES string of the molecule is COc1ccc(Nc2ncc(C)c(NCc3cccnc3)n2)cc1-c1cnco1. The molecule has 0 radical (unpaired) electrons. The first-order valence-corrected chi connectivity index (χ1v) is 9.03. The molecule has 0 atom stereocenters. The maximum absolute atomic E-state index is 5.42. The van der Waals surface area contributed by atoms with Crippen molar-refractivity contribution >= 4 is 17.5 Å². The summed E-state index contributed by atoms with van der Waals surface area (Å²) in [5, 5.41) is 6.56. The van der Waals surface area contributed by atoms with E-state index < -0.39 is 0 Å². The van der Waals surface area contributed by atoms with Crippen LogP contribution in [0.5, 0.6) is 5.75 Å². The number of pyridine rings is 1. The summed E-state index contributed by atoms with van der Waals surface area (Å²) in [4.78, 5) is 17.1. The fraction of sp³-hybridized carbons (Fsp3) is 0.143. The minimum absolute atomic E-state index is 0.484. The lowest BCUT2D eigenvalue weighted by Gasteiger charge is -2.12. The third-order valence-corrected chi connectivity index (χ3v) is 4.31. The molecule has 0 unspecified atom stereocenters. The second kappa shape index (κ2) is 8.39. The number of hydrogen-bond donors (Lipinski definition) is 2. The van der Waals surface area contributed by atoms with Crippen molar-refractivity contribution in [2.45, 2.75) is 13.5 Å². The highest BCUT2D eigenvalue weighted by molar-refractivity contribution is 5.72. The lowest BCUT2D eigenvalue weighted by molar-refractivity contribution is 0.414. The third-order valence-electron chi connectivity index (χ3n) is 4.31. The Balaban J connectivity index is 1.54. The normalized spacial score (nSPS) is 10.6. The molecular formula is C21H20N6O2. The summed E-state index contributed by atoms with van der Waals surface area (Å²) < 4.78 is 10.8. The number of hydrogen-bond acceptors (Lipinski definition) is 8. The van der Waals surface area contributed by atoms with Gasteiger partial charge in [0, 0.05) is 36.4 Å². The number of nitrogens with one attached hydrogen (secondary N) is 2. The molecule has 0 aliphatic heterocycles. The lowest BCUT2D eigenvalue weighted by atomic mass is 10.1. The molecule has 29 heavy (non-hydrogen) atoms. The summed E-state index contributed by atoms with van der Waals surface area (Å²) in [6.07, 6.45) is 8.39. The zero-order valence-electron chi connectivity index (χ0n) is 16.1. The van der Waals surface area contributed by atoms with E-state index in [0.29, 0.717) is 24.0 Å². The first-order chi connectivity index (χ1) is 14.2. The Morgan fingerprint density at radius 1 is 1.10 bits per heavy atom. The van der Waals surface area contributed by atoms with Gasteiger partial charge in [-0.15, -0.1) is 0 Å². The fourth-order valence-corrected chi connectivity index (χ4v) is 2.83. The smallest absolute Gasteiger partial charge is 0.229 e. The van der Waals surface area contributed by atoms with Crippen LogP contribution in [0.3, 0.4) is 0 Å². The molecule has 8 heteroatoms. The zero-order chi connectivity index (χ0) is 20.1. The van der Waals surface area contributed by atoms with E-state index in [1.165, 1.54) is 6.39 Å². The molecule has 146 valence electrons. The van der Waals surface area contributed by atoms with Crippen LogP contribution >= 0.6 is 0 Å². The number of aryl methyl sites for hydroxylation is 1. The van der Waals surface area contributed by atoms with E-state index in [4.69, 9.17) is 9.15 Å². The maximum atomic E-state index is 5.42. The summed E-state index contributed by atoms with van der Waals surface area (Å²) in [5.41, 5.74) is 3.62. The molecule has 4 aromatic rings. The average molecular weight is 388 g/mol. The molecule has 0 fully saturated rings. The van der Waals surface area contributed by atoms with Gasteiger partial charge in [0.05, 0.1) is 18.9 Å². The topological polar surface area (TPSA) is 98.0 Å². The van der Waals surface area contributed by atoms with E-state index in [-0.39, 0.29) is 0 Å². The quantitative estimate of drug-likeness (QED) is 0.486. The summed E-state index contributed by atoms with van der Waals surface area (Å²) in [5.74, 6) is 2.55. The lowest BCUT2D eigenvalue weighted by Crippen LogP contribution is -2.06. The Bertz CT molecular complexity index is 1080. The van der Waals surface area contributed by atoms with E-state index in [0.717, 1.165) is 28.2 Å². The number of anilines is 3. The van der Waals surface area contributed by atoms with Gasteiger partial charge in [0.15, 0.2) is 12.2 Å². The fourth-order valence-electron chi connectivity index (χ4n) is 2.83. The first-order valence-electron chi connectivity index (χ1n) is 9.03. The van der Waals surface area contributed by atoms with Crippen molar-refractivity contribution in [3.8, 4) is 17.1 Å². The molecule has 4 rings (SSSR count). The van der Waals surface area contributed by atoms with E-state index in [1.54, 1.807) is 25.7 Å².